The Labute approximate surface area is 219 Å². The largest absolute Gasteiger partial charge is 0.493 e. The molecule has 1 aliphatic heterocycles. The number of rotatable bonds is 10. The third-order valence-corrected chi connectivity index (χ3v) is 7.03. The van der Waals surface area contributed by atoms with Crippen LogP contribution in [0, 0.1) is 0 Å². The maximum absolute atomic E-state index is 13.8. The molecule has 1 N–H and O–H groups in total. The van der Waals surface area contributed by atoms with Crippen LogP contribution in [0.25, 0.3) is 0 Å². The minimum absolute atomic E-state index is 0.0456. The van der Waals surface area contributed by atoms with E-state index in [0.29, 0.717) is 48.7 Å². The minimum atomic E-state index is -0.538. The number of benzene rings is 2. The third-order valence-electron chi connectivity index (χ3n) is 7.03. The third kappa shape index (κ3) is 5.74. The van der Waals surface area contributed by atoms with Gasteiger partial charge in [0.25, 0.3) is 0 Å². The van der Waals surface area contributed by atoms with Crippen molar-refractivity contribution in [3.8, 4) is 11.5 Å². The Morgan fingerprint density at radius 3 is 2.46 bits per heavy atom. The molecule has 2 aliphatic rings. The van der Waals surface area contributed by atoms with Gasteiger partial charge in [0.15, 0.2) is 17.3 Å². The number of carbonyl (C=O) groups excluding carboxylic acids is 2. The number of methoxy groups -OCH3 is 1. The van der Waals surface area contributed by atoms with Crippen molar-refractivity contribution in [2.45, 2.75) is 64.7 Å². The zero-order valence-electron chi connectivity index (χ0n) is 22.3. The van der Waals surface area contributed by atoms with Crippen molar-refractivity contribution in [3.63, 3.8) is 0 Å². The first-order valence-corrected chi connectivity index (χ1v) is 13.2. The van der Waals surface area contributed by atoms with Crippen LogP contribution >= 0.6 is 0 Å². The average molecular weight is 504 g/mol. The molecule has 196 valence electrons. The Bertz CT molecular complexity index is 1200. The maximum atomic E-state index is 13.8. The molecule has 6 heteroatoms. The van der Waals surface area contributed by atoms with Crippen LogP contribution in [0.15, 0.2) is 71.1 Å². The first-order valence-electron chi connectivity index (χ1n) is 13.2. The molecule has 0 amide bonds. The highest BCUT2D eigenvalue weighted by Gasteiger charge is 2.41. The monoisotopic (exact) mass is 503 g/mol. The van der Waals surface area contributed by atoms with Crippen LogP contribution in [-0.2, 0) is 14.3 Å². The molecule has 2 unspecified atom stereocenters. The predicted molar refractivity (Wildman–Crippen MR) is 144 cm³/mol. The number of ether oxygens (including phenoxy) is 3. The van der Waals surface area contributed by atoms with E-state index in [4.69, 9.17) is 14.2 Å². The lowest BCUT2D eigenvalue weighted by molar-refractivity contribution is -0.139. The normalized spacial score (nSPS) is 19.3. The lowest BCUT2D eigenvalue weighted by atomic mass is 9.71. The van der Waals surface area contributed by atoms with Gasteiger partial charge in [-0.05, 0) is 55.4 Å². The van der Waals surface area contributed by atoms with E-state index < -0.39 is 11.9 Å². The van der Waals surface area contributed by atoms with Crippen molar-refractivity contribution in [1.82, 2.24) is 5.32 Å². The first-order chi connectivity index (χ1) is 18.0. The van der Waals surface area contributed by atoms with Crippen molar-refractivity contribution in [2.24, 2.45) is 0 Å². The van der Waals surface area contributed by atoms with E-state index in [0.717, 1.165) is 41.8 Å². The number of allylic oxidation sites excluding steroid dienone is 3. The second-order valence-corrected chi connectivity index (χ2v) is 9.68. The number of nitrogens with one attached hydrogen (secondary N) is 1. The van der Waals surface area contributed by atoms with E-state index in [2.05, 4.69) is 24.4 Å². The minimum Gasteiger partial charge on any atom is -0.493 e. The molecule has 2 aromatic carbocycles. The fourth-order valence-corrected chi connectivity index (χ4v) is 5.19. The Morgan fingerprint density at radius 1 is 0.973 bits per heavy atom. The van der Waals surface area contributed by atoms with Gasteiger partial charge in [-0.25, -0.2) is 4.79 Å². The molecule has 0 radical (unpaired) electrons. The number of dihydropyridines is 1. The molecule has 37 heavy (non-hydrogen) atoms. The summed E-state index contributed by atoms with van der Waals surface area (Å²) < 4.78 is 17.1. The summed E-state index contributed by atoms with van der Waals surface area (Å²) in [6.07, 6.45) is 3.69. The molecular weight excluding hydrogens is 466 g/mol. The van der Waals surface area contributed by atoms with E-state index in [1.54, 1.807) is 7.11 Å². The zero-order valence-corrected chi connectivity index (χ0v) is 22.3. The number of hydrogen-bond donors (Lipinski definition) is 1. The average Bonchev–Trinajstić information content (AvgIpc) is 2.91. The molecule has 1 aliphatic carbocycles. The van der Waals surface area contributed by atoms with Crippen LogP contribution in [0.1, 0.15) is 75.8 Å². The van der Waals surface area contributed by atoms with Crippen molar-refractivity contribution in [2.75, 3.05) is 20.3 Å². The van der Waals surface area contributed by atoms with Crippen LogP contribution in [0.3, 0.4) is 0 Å². The maximum Gasteiger partial charge on any atom is 0.336 e. The number of hydrogen-bond acceptors (Lipinski definition) is 6. The Morgan fingerprint density at radius 2 is 1.76 bits per heavy atom. The number of esters is 1. The van der Waals surface area contributed by atoms with Crippen LogP contribution < -0.4 is 14.8 Å². The Balaban J connectivity index is 1.77. The van der Waals surface area contributed by atoms with Gasteiger partial charge in [0, 0.05) is 29.3 Å². The number of unbranched alkanes of at least 4 members (excludes halogenated alkanes) is 1. The van der Waals surface area contributed by atoms with Crippen molar-refractivity contribution in [1.29, 1.82) is 0 Å². The molecule has 6 nitrogen and oxygen atoms in total. The molecule has 0 saturated carbocycles. The van der Waals surface area contributed by atoms with Crippen LogP contribution in [0.4, 0.5) is 0 Å². The highest BCUT2D eigenvalue weighted by atomic mass is 16.5. The summed E-state index contributed by atoms with van der Waals surface area (Å²) in [6, 6.07) is 15.8. The van der Waals surface area contributed by atoms with Crippen molar-refractivity contribution in [3.05, 3.63) is 82.2 Å². The summed E-state index contributed by atoms with van der Waals surface area (Å²) in [7, 11) is 1.60. The molecule has 0 fully saturated rings. The zero-order chi connectivity index (χ0) is 26.4. The molecule has 0 bridgehead atoms. The fraction of sp³-hybridized carbons (Fsp3) is 0.419. The summed E-state index contributed by atoms with van der Waals surface area (Å²) in [6.45, 7) is 6.91. The van der Waals surface area contributed by atoms with E-state index in [-0.39, 0.29) is 11.7 Å². The second-order valence-electron chi connectivity index (χ2n) is 9.68. The topological polar surface area (TPSA) is 73.9 Å². The van der Waals surface area contributed by atoms with Crippen molar-refractivity contribution < 1.29 is 23.8 Å². The van der Waals surface area contributed by atoms with E-state index in [1.807, 2.05) is 50.2 Å². The molecule has 2 atom stereocenters. The van der Waals surface area contributed by atoms with Gasteiger partial charge in [0.2, 0.25) is 0 Å². The highest BCUT2D eigenvalue weighted by molar-refractivity contribution is 6.04. The molecule has 4 rings (SSSR count). The Kier molecular flexibility index (Phi) is 8.70. The molecule has 1 heterocycles. The second kappa shape index (κ2) is 12.1. The molecule has 0 aromatic heterocycles. The fourth-order valence-electron chi connectivity index (χ4n) is 5.19. The summed E-state index contributed by atoms with van der Waals surface area (Å²) in [5.41, 5.74) is 4.67. The van der Waals surface area contributed by atoms with Gasteiger partial charge >= 0.3 is 5.97 Å². The number of carbonyl (C=O) groups is 2. The van der Waals surface area contributed by atoms with Crippen LogP contribution in [0.5, 0.6) is 11.5 Å². The molecule has 2 aromatic rings. The molecular formula is C31H37NO5. The van der Waals surface area contributed by atoms with Crippen LogP contribution in [0.2, 0.25) is 0 Å². The summed E-state index contributed by atoms with van der Waals surface area (Å²) in [5.74, 6) is 0.425. The Hall–Kier alpha value is -3.54. The number of Topliss-reactive ketones (excluding diaryl/α,β-unsaturated/α-hetero) is 1. The lowest BCUT2D eigenvalue weighted by Gasteiger charge is -2.37. The lowest BCUT2D eigenvalue weighted by Crippen LogP contribution is -2.36. The van der Waals surface area contributed by atoms with Gasteiger partial charge in [-0.1, -0.05) is 56.7 Å². The van der Waals surface area contributed by atoms with E-state index in [9.17, 15) is 9.59 Å². The first kappa shape index (κ1) is 26.5. The van der Waals surface area contributed by atoms with E-state index >= 15 is 0 Å². The van der Waals surface area contributed by atoms with Gasteiger partial charge in [0.05, 0.1) is 25.9 Å². The SMILES string of the molecule is CCCCOC(=O)C1=C(C)NC2=C(C(=O)CC(c3ccccc3)C2)C1c1ccc(OCCC)c(OC)c1. The van der Waals surface area contributed by atoms with E-state index in [1.165, 1.54) is 0 Å². The molecule has 0 spiro atoms. The standard InChI is InChI=1S/C31H37NO5/c1-5-7-16-37-31(34)28-20(3)32-24-17-23(21-11-9-8-10-12-21)18-25(33)30(24)29(28)22-13-14-26(36-15-6-2)27(19-22)35-4/h8-14,19,23,29,32H,5-7,15-18H2,1-4H3. The van der Waals surface area contributed by atoms with Crippen LogP contribution in [-0.4, -0.2) is 32.1 Å². The van der Waals surface area contributed by atoms with Crippen molar-refractivity contribution >= 4 is 11.8 Å². The van der Waals surface area contributed by atoms with Gasteiger partial charge in [0.1, 0.15) is 0 Å². The smallest absolute Gasteiger partial charge is 0.336 e. The summed E-state index contributed by atoms with van der Waals surface area (Å²) in [4.78, 5) is 27.2. The predicted octanol–water partition coefficient (Wildman–Crippen LogP) is 6.19. The van der Waals surface area contributed by atoms with Gasteiger partial charge < -0.3 is 19.5 Å². The van der Waals surface area contributed by atoms with Gasteiger partial charge in [-0.15, -0.1) is 0 Å². The van der Waals surface area contributed by atoms with Gasteiger partial charge in [-0.3, -0.25) is 4.79 Å². The van der Waals surface area contributed by atoms with Gasteiger partial charge in [-0.2, -0.15) is 0 Å². The molecule has 0 saturated heterocycles. The highest BCUT2D eigenvalue weighted by Crippen LogP contribution is 2.47. The summed E-state index contributed by atoms with van der Waals surface area (Å²) >= 11 is 0. The quantitative estimate of drug-likeness (QED) is 0.308. The summed E-state index contributed by atoms with van der Waals surface area (Å²) in [5, 5.41) is 3.42. The number of ketones is 1.